The van der Waals surface area contributed by atoms with Gasteiger partial charge in [0.15, 0.2) is 17.3 Å². The molecule has 1 aromatic heterocycles. The smallest absolute Gasteiger partial charge is 0.211 e. The molecule has 1 heterocycles. The third-order valence-corrected chi connectivity index (χ3v) is 4.09. The van der Waals surface area contributed by atoms with Crippen LogP contribution in [-0.4, -0.2) is 40.6 Å². The fourth-order valence-electron chi connectivity index (χ4n) is 1.89. The molecule has 0 unspecified atom stereocenters. The van der Waals surface area contributed by atoms with Gasteiger partial charge in [0.2, 0.25) is 5.16 Å². The number of aryl methyl sites for hydroxylation is 1. The van der Waals surface area contributed by atoms with E-state index in [9.17, 15) is 0 Å². The van der Waals surface area contributed by atoms with E-state index in [1.54, 1.807) is 18.0 Å². The van der Waals surface area contributed by atoms with Crippen LogP contribution >= 0.6 is 27.7 Å². The summed E-state index contributed by atoms with van der Waals surface area (Å²) in [5.74, 6) is 2.07. The quantitative estimate of drug-likeness (QED) is 0.547. The molecule has 0 radical (unpaired) electrons. The molecule has 0 bridgehead atoms. The molecule has 0 aliphatic carbocycles. The lowest BCUT2D eigenvalue weighted by atomic mass is 10.2. The summed E-state index contributed by atoms with van der Waals surface area (Å²) < 4.78 is 13.7. The fraction of sp³-hybridized carbons (Fsp3) is 0.400. The molecule has 1 aromatic carbocycles. The van der Waals surface area contributed by atoms with Gasteiger partial charge in [0.05, 0.1) is 23.9 Å². The van der Waals surface area contributed by atoms with Gasteiger partial charge in [-0.3, -0.25) is 0 Å². The number of thioether (sulfide) groups is 1. The Morgan fingerprint density at radius 2 is 2.09 bits per heavy atom. The average Bonchev–Trinajstić information content (AvgIpc) is 2.87. The normalized spacial score (nSPS) is 11.4. The zero-order chi connectivity index (χ0) is 17.0. The first-order chi connectivity index (χ1) is 11.0. The lowest BCUT2D eigenvalue weighted by Gasteiger charge is -2.15. The number of aromatic nitrogens is 3. The zero-order valence-electron chi connectivity index (χ0n) is 13.7. The van der Waals surface area contributed by atoms with Crippen LogP contribution in [0.15, 0.2) is 26.9 Å². The summed E-state index contributed by atoms with van der Waals surface area (Å²) in [6.07, 6.45) is 3.74. The molecule has 0 saturated heterocycles. The van der Waals surface area contributed by atoms with Gasteiger partial charge in [-0.2, -0.15) is 9.78 Å². The maximum absolute atomic E-state index is 5.78. The SMILES string of the molecule is COc1cc(/C=N\n2c(C)nnc2SC)cc(Br)c1OC(C)C. The molecule has 0 aliphatic heterocycles. The van der Waals surface area contributed by atoms with Crippen molar-refractivity contribution in [1.29, 1.82) is 0 Å². The van der Waals surface area contributed by atoms with E-state index in [0.717, 1.165) is 21.0 Å². The van der Waals surface area contributed by atoms with Crippen molar-refractivity contribution in [3.05, 3.63) is 28.0 Å². The van der Waals surface area contributed by atoms with E-state index >= 15 is 0 Å². The highest BCUT2D eigenvalue weighted by Gasteiger charge is 2.13. The van der Waals surface area contributed by atoms with Crippen molar-refractivity contribution in [1.82, 2.24) is 14.9 Å². The van der Waals surface area contributed by atoms with Gasteiger partial charge >= 0.3 is 0 Å². The van der Waals surface area contributed by atoms with E-state index in [-0.39, 0.29) is 6.10 Å². The van der Waals surface area contributed by atoms with E-state index in [1.807, 2.05) is 39.2 Å². The van der Waals surface area contributed by atoms with Gasteiger partial charge < -0.3 is 9.47 Å². The van der Waals surface area contributed by atoms with Gasteiger partial charge in [0, 0.05) is 0 Å². The van der Waals surface area contributed by atoms with Gasteiger partial charge in [-0.25, -0.2) is 0 Å². The molecule has 0 saturated carbocycles. The molecule has 0 N–H and O–H groups in total. The molecule has 2 rings (SSSR count). The van der Waals surface area contributed by atoms with Crippen molar-refractivity contribution in [3.63, 3.8) is 0 Å². The summed E-state index contributed by atoms with van der Waals surface area (Å²) in [5, 5.41) is 13.3. The Bertz CT molecular complexity index is 716. The Morgan fingerprint density at radius 3 is 2.70 bits per heavy atom. The summed E-state index contributed by atoms with van der Waals surface area (Å²) in [5.41, 5.74) is 0.880. The topological polar surface area (TPSA) is 61.5 Å². The van der Waals surface area contributed by atoms with Crippen LogP contribution in [-0.2, 0) is 0 Å². The van der Waals surface area contributed by atoms with E-state index in [4.69, 9.17) is 9.47 Å². The number of ether oxygens (including phenoxy) is 2. The molecule has 23 heavy (non-hydrogen) atoms. The van der Waals surface area contributed by atoms with Crippen LogP contribution in [0.2, 0.25) is 0 Å². The number of hydrogen-bond donors (Lipinski definition) is 0. The lowest BCUT2D eigenvalue weighted by molar-refractivity contribution is 0.228. The Balaban J connectivity index is 2.35. The minimum absolute atomic E-state index is 0.0588. The van der Waals surface area contributed by atoms with Crippen LogP contribution in [0, 0.1) is 6.92 Å². The van der Waals surface area contributed by atoms with E-state index in [2.05, 4.69) is 31.2 Å². The maximum Gasteiger partial charge on any atom is 0.211 e. The number of halogens is 1. The molecule has 0 atom stereocenters. The van der Waals surface area contributed by atoms with E-state index < -0.39 is 0 Å². The first-order valence-corrected chi connectivity index (χ1v) is 9.02. The Labute approximate surface area is 148 Å². The minimum Gasteiger partial charge on any atom is -0.493 e. The number of nitrogens with zero attached hydrogens (tertiary/aromatic N) is 4. The maximum atomic E-state index is 5.78. The number of methoxy groups -OCH3 is 1. The molecular formula is C15H19BrN4O2S. The highest BCUT2D eigenvalue weighted by molar-refractivity contribution is 9.10. The van der Waals surface area contributed by atoms with Crippen molar-refractivity contribution in [2.45, 2.75) is 32.0 Å². The van der Waals surface area contributed by atoms with Crippen LogP contribution in [0.25, 0.3) is 0 Å². The summed E-state index contributed by atoms with van der Waals surface area (Å²) in [7, 11) is 1.62. The molecule has 8 heteroatoms. The van der Waals surface area contributed by atoms with Crippen LogP contribution < -0.4 is 9.47 Å². The van der Waals surface area contributed by atoms with E-state index in [1.165, 1.54) is 11.8 Å². The van der Waals surface area contributed by atoms with Crippen LogP contribution in [0.3, 0.4) is 0 Å². The molecule has 124 valence electrons. The highest BCUT2D eigenvalue weighted by atomic mass is 79.9. The summed E-state index contributed by atoms with van der Waals surface area (Å²) in [4.78, 5) is 0. The van der Waals surface area contributed by atoms with Crippen LogP contribution in [0.4, 0.5) is 0 Å². The van der Waals surface area contributed by atoms with Crippen molar-refractivity contribution in [2.75, 3.05) is 13.4 Å². The third-order valence-electron chi connectivity index (χ3n) is 2.88. The Kier molecular flexibility index (Phi) is 6.06. The largest absolute Gasteiger partial charge is 0.493 e. The minimum atomic E-state index is 0.0588. The second-order valence-corrected chi connectivity index (χ2v) is 6.62. The molecule has 6 nitrogen and oxygen atoms in total. The predicted molar refractivity (Wildman–Crippen MR) is 96.0 cm³/mol. The molecule has 0 fully saturated rings. The van der Waals surface area contributed by atoms with Gasteiger partial charge in [0.25, 0.3) is 0 Å². The number of hydrogen-bond acceptors (Lipinski definition) is 6. The summed E-state index contributed by atoms with van der Waals surface area (Å²) in [6.45, 7) is 5.81. The lowest BCUT2D eigenvalue weighted by Crippen LogP contribution is -2.07. The van der Waals surface area contributed by atoms with Gasteiger partial charge in [-0.05, 0) is 60.7 Å². The Hall–Kier alpha value is -1.54. The van der Waals surface area contributed by atoms with Gasteiger partial charge in [-0.15, -0.1) is 10.2 Å². The zero-order valence-corrected chi connectivity index (χ0v) is 16.1. The molecule has 0 amide bonds. The first-order valence-electron chi connectivity index (χ1n) is 7.00. The van der Waals surface area contributed by atoms with Crippen LogP contribution in [0.5, 0.6) is 11.5 Å². The van der Waals surface area contributed by atoms with Crippen molar-refractivity contribution in [2.24, 2.45) is 5.10 Å². The Morgan fingerprint density at radius 1 is 1.35 bits per heavy atom. The third kappa shape index (κ3) is 4.26. The summed E-state index contributed by atoms with van der Waals surface area (Å²) in [6, 6.07) is 3.81. The molecule has 2 aromatic rings. The molecular weight excluding hydrogens is 380 g/mol. The summed E-state index contributed by atoms with van der Waals surface area (Å²) >= 11 is 5.02. The first kappa shape index (κ1) is 17.8. The molecule has 0 spiro atoms. The second kappa shape index (κ2) is 7.83. The average molecular weight is 399 g/mol. The van der Waals surface area contributed by atoms with Crippen LogP contribution in [0.1, 0.15) is 25.2 Å². The van der Waals surface area contributed by atoms with Crippen molar-refractivity contribution >= 4 is 33.9 Å². The fourth-order valence-corrected chi connectivity index (χ4v) is 2.92. The highest BCUT2D eigenvalue weighted by Crippen LogP contribution is 2.37. The number of rotatable bonds is 6. The van der Waals surface area contributed by atoms with Gasteiger partial charge in [0.1, 0.15) is 0 Å². The number of benzene rings is 1. The monoisotopic (exact) mass is 398 g/mol. The van der Waals surface area contributed by atoms with Crippen molar-refractivity contribution < 1.29 is 9.47 Å². The molecule has 0 aliphatic rings. The van der Waals surface area contributed by atoms with Crippen molar-refractivity contribution in [3.8, 4) is 11.5 Å². The van der Waals surface area contributed by atoms with Gasteiger partial charge in [-0.1, -0.05) is 11.8 Å². The second-order valence-electron chi connectivity index (χ2n) is 4.99. The van der Waals surface area contributed by atoms with E-state index in [0.29, 0.717) is 11.5 Å². The predicted octanol–water partition coefficient (Wildman–Crippen LogP) is 3.75. The standard InChI is InChI=1S/C15H19BrN4O2S/c1-9(2)22-14-12(16)6-11(7-13(14)21-4)8-17-20-10(3)18-19-15(20)23-5/h6-9H,1-5H3/b17-8-.